The largest absolute Gasteiger partial charge is 0.346 e. The van der Waals surface area contributed by atoms with E-state index in [1.807, 2.05) is 13.8 Å². The molecule has 1 rings (SSSR count). The number of rotatable bonds is 7. The second-order valence-corrected chi connectivity index (χ2v) is 6.17. The van der Waals surface area contributed by atoms with E-state index in [9.17, 15) is 14.4 Å². The summed E-state index contributed by atoms with van der Waals surface area (Å²) in [4.78, 5) is 40.4. The van der Waals surface area contributed by atoms with Gasteiger partial charge in [-0.15, -0.1) is 5.10 Å². The van der Waals surface area contributed by atoms with Crippen LogP contribution in [0.15, 0.2) is 5.16 Å². The fraction of sp³-hybridized carbons (Fsp3) is 0.615. The third-order valence-electron chi connectivity index (χ3n) is 2.76. The molecule has 1 aromatic rings. The van der Waals surface area contributed by atoms with E-state index in [1.165, 1.54) is 4.90 Å². The minimum Gasteiger partial charge on any atom is -0.340 e. The predicted molar refractivity (Wildman–Crippen MR) is 82.7 cm³/mol. The van der Waals surface area contributed by atoms with E-state index in [4.69, 9.17) is 0 Å². The molecule has 0 saturated heterocycles. The van der Waals surface area contributed by atoms with Gasteiger partial charge in [-0.05, 0) is 0 Å². The summed E-state index contributed by atoms with van der Waals surface area (Å²) >= 11 is 1.01. The number of carbonyl (C=O) groups excluding carboxylic acids is 3. The summed E-state index contributed by atoms with van der Waals surface area (Å²) in [6.07, 6.45) is 0.731. The molecule has 1 aromatic heterocycles. The molecule has 1 unspecified atom stereocenters. The van der Waals surface area contributed by atoms with Gasteiger partial charge in [0.1, 0.15) is 5.37 Å². The molecule has 8 nitrogen and oxygen atoms in total. The smallest absolute Gasteiger partial charge is 0.340 e. The standard InChI is InChI=1S/C13H21N5O3S/c1-6-9(20)11(14-7-19)22-12-15-10(8(2)3)16-18(12)13(21)17(4)5/h7-8,11H,6H2,1-5H3,(H,14,19). The lowest BCUT2D eigenvalue weighted by Crippen LogP contribution is -2.34. The molecule has 0 aromatic carbocycles. The molecule has 0 aliphatic rings. The highest BCUT2D eigenvalue weighted by molar-refractivity contribution is 8.00. The Morgan fingerprint density at radius 3 is 2.50 bits per heavy atom. The SMILES string of the molecule is CCC(=O)C(NC=O)Sc1nc(C(C)C)nn1C(=O)N(C)C. The zero-order valence-corrected chi connectivity index (χ0v) is 14.2. The van der Waals surface area contributed by atoms with Crippen LogP contribution in [0.2, 0.25) is 0 Å². The molecule has 9 heteroatoms. The van der Waals surface area contributed by atoms with Gasteiger partial charge in [0.25, 0.3) is 0 Å². The molecule has 1 heterocycles. The Bertz CT molecular complexity index is 556. The number of hydrogen-bond donors (Lipinski definition) is 1. The van der Waals surface area contributed by atoms with Gasteiger partial charge in [-0.1, -0.05) is 32.5 Å². The fourth-order valence-electron chi connectivity index (χ4n) is 1.49. The van der Waals surface area contributed by atoms with Gasteiger partial charge in [0.2, 0.25) is 6.41 Å². The molecular formula is C13H21N5O3S. The van der Waals surface area contributed by atoms with Gasteiger partial charge < -0.3 is 10.2 Å². The van der Waals surface area contributed by atoms with Crippen molar-refractivity contribution in [1.82, 2.24) is 25.0 Å². The first-order valence-electron chi connectivity index (χ1n) is 6.89. The van der Waals surface area contributed by atoms with Gasteiger partial charge >= 0.3 is 6.03 Å². The van der Waals surface area contributed by atoms with Crippen LogP contribution in [0.1, 0.15) is 38.9 Å². The highest BCUT2D eigenvalue weighted by Gasteiger charge is 2.25. The van der Waals surface area contributed by atoms with Gasteiger partial charge in [0, 0.05) is 26.4 Å². The van der Waals surface area contributed by atoms with Gasteiger partial charge in [-0.2, -0.15) is 4.68 Å². The summed E-state index contributed by atoms with van der Waals surface area (Å²) in [6, 6.07) is -0.365. The summed E-state index contributed by atoms with van der Waals surface area (Å²) < 4.78 is 1.16. The summed E-state index contributed by atoms with van der Waals surface area (Å²) in [5.74, 6) is 0.386. The summed E-state index contributed by atoms with van der Waals surface area (Å²) in [5.41, 5.74) is 0. The summed E-state index contributed by atoms with van der Waals surface area (Å²) in [5, 5.41) is 6.13. The molecule has 0 saturated carbocycles. The number of hydrogen-bond acceptors (Lipinski definition) is 6. The molecule has 0 fully saturated rings. The lowest BCUT2D eigenvalue weighted by Gasteiger charge is -2.14. The minimum absolute atomic E-state index is 0.0370. The Labute approximate surface area is 133 Å². The molecule has 122 valence electrons. The topological polar surface area (TPSA) is 97.2 Å². The summed E-state index contributed by atoms with van der Waals surface area (Å²) in [6.45, 7) is 5.52. The van der Waals surface area contributed by atoms with Crippen molar-refractivity contribution >= 4 is 30.0 Å². The summed E-state index contributed by atoms with van der Waals surface area (Å²) in [7, 11) is 3.21. The van der Waals surface area contributed by atoms with E-state index >= 15 is 0 Å². The van der Waals surface area contributed by atoms with Crippen molar-refractivity contribution in [3.05, 3.63) is 5.82 Å². The number of carbonyl (C=O) groups is 3. The van der Waals surface area contributed by atoms with E-state index in [-0.39, 0.29) is 29.3 Å². The first-order chi connectivity index (χ1) is 10.3. The van der Waals surface area contributed by atoms with Gasteiger partial charge in [0.05, 0.1) is 0 Å². The van der Waals surface area contributed by atoms with Crippen molar-refractivity contribution < 1.29 is 14.4 Å². The maximum absolute atomic E-state index is 12.2. The van der Waals surface area contributed by atoms with Crippen molar-refractivity contribution in [3.8, 4) is 0 Å². The van der Waals surface area contributed by atoms with Crippen LogP contribution in [0.25, 0.3) is 0 Å². The number of nitrogens with zero attached hydrogens (tertiary/aromatic N) is 4. The third-order valence-corrected chi connectivity index (χ3v) is 3.87. The zero-order valence-electron chi connectivity index (χ0n) is 13.4. The molecule has 0 aliphatic heterocycles. The predicted octanol–water partition coefficient (Wildman–Crippen LogP) is 1.07. The maximum atomic E-state index is 12.2. The van der Waals surface area contributed by atoms with Crippen molar-refractivity contribution in [2.75, 3.05) is 14.1 Å². The molecule has 1 atom stereocenters. The van der Waals surface area contributed by atoms with Gasteiger partial charge in [0.15, 0.2) is 16.8 Å². The van der Waals surface area contributed by atoms with Crippen LogP contribution in [-0.2, 0) is 9.59 Å². The number of aromatic nitrogens is 3. The average molecular weight is 327 g/mol. The Morgan fingerprint density at radius 1 is 1.41 bits per heavy atom. The van der Waals surface area contributed by atoms with Crippen molar-refractivity contribution in [3.63, 3.8) is 0 Å². The lowest BCUT2D eigenvalue weighted by atomic mass is 10.2. The first-order valence-corrected chi connectivity index (χ1v) is 7.77. The van der Waals surface area contributed by atoms with Crippen LogP contribution in [0.3, 0.4) is 0 Å². The van der Waals surface area contributed by atoms with E-state index in [1.54, 1.807) is 21.0 Å². The van der Waals surface area contributed by atoms with Crippen molar-refractivity contribution in [2.24, 2.45) is 0 Å². The highest BCUT2D eigenvalue weighted by Crippen LogP contribution is 2.23. The normalized spacial score (nSPS) is 12.1. The van der Waals surface area contributed by atoms with Crippen LogP contribution in [0.4, 0.5) is 4.79 Å². The van der Waals surface area contributed by atoms with E-state index in [0.717, 1.165) is 16.4 Å². The van der Waals surface area contributed by atoms with E-state index in [2.05, 4.69) is 15.4 Å². The third kappa shape index (κ3) is 4.30. The van der Waals surface area contributed by atoms with E-state index in [0.29, 0.717) is 12.2 Å². The van der Waals surface area contributed by atoms with Crippen LogP contribution in [0, 0.1) is 0 Å². The monoisotopic (exact) mass is 327 g/mol. The zero-order chi connectivity index (χ0) is 16.9. The second-order valence-electron chi connectivity index (χ2n) is 5.10. The molecule has 0 radical (unpaired) electrons. The van der Waals surface area contributed by atoms with Crippen LogP contribution in [-0.4, -0.2) is 57.4 Å². The molecule has 0 aliphatic carbocycles. The molecule has 1 N–H and O–H groups in total. The maximum Gasteiger partial charge on any atom is 0.346 e. The number of nitrogens with one attached hydrogen (secondary N) is 1. The molecule has 22 heavy (non-hydrogen) atoms. The Hall–Kier alpha value is -1.90. The molecular weight excluding hydrogens is 306 g/mol. The molecule has 2 amide bonds. The average Bonchev–Trinajstić information content (AvgIpc) is 2.89. The molecule has 0 spiro atoms. The molecule has 0 bridgehead atoms. The number of Topliss-reactive ketones (excluding diaryl/α,β-unsaturated/α-hetero) is 1. The van der Waals surface area contributed by atoms with Crippen molar-refractivity contribution in [1.29, 1.82) is 0 Å². The van der Waals surface area contributed by atoms with Gasteiger partial charge in [-0.25, -0.2) is 9.78 Å². The van der Waals surface area contributed by atoms with E-state index < -0.39 is 5.37 Å². The number of thioether (sulfide) groups is 1. The van der Waals surface area contributed by atoms with Crippen molar-refractivity contribution in [2.45, 2.75) is 43.6 Å². The number of amides is 2. The Balaban J connectivity index is 3.17. The number of ketones is 1. The Kier molecular flexibility index (Phi) is 6.54. The Morgan fingerprint density at radius 2 is 2.05 bits per heavy atom. The first kappa shape index (κ1) is 18.1. The highest BCUT2D eigenvalue weighted by atomic mass is 32.2. The minimum atomic E-state index is -0.791. The second kappa shape index (κ2) is 7.92. The van der Waals surface area contributed by atoms with Gasteiger partial charge in [-0.3, -0.25) is 9.59 Å². The fourth-order valence-corrected chi connectivity index (χ4v) is 2.49. The van der Waals surface area contributed by atoms with Crippen LogP contribution < -0.4 is 5.32 Å². The lowest BCUT2D eigenvalue weighted by molar-refractivity contribution is -0.121. The van der Waals surface area contributed by atoms with Crippen LogP contribution >= 0.6 is 11.8 Å². The quantitative estimate of drug-likeness (QED) is 0.457. The van der Waals surface area contributed by atoms with Crippen LogP contribution in [0.5, 0.6) is 0 Å².